The quantitative estimate of drug-likeness (QED) is 0.876. The second-order valence-electron chi connectivity index (χ2n) is 8.01. The fraction of sp³-hybridized carbons (Fsp3) is 0.579. The van der Waals surface area contributed by atoms with Gasteiger partial charge in [-0.2, -0.15) is 4.68 Å². The highest BCUT2D eigenvalue weighted by atomic mass is 16.5. The number of amides is 2. The molecule has 1 aromatic heterocycles. The van der Waals surface area contributed by atoms with Crippen molar-refractivity contribution in [1.82, 2.24) is 25.2 Å². The van der Waals surface area contributed by atoms with Crippen LogP contribution in [0.1, 0.15) is 56.3 Å². The molecule has 0 atom stereocenters. The number of rotatable bonds is 2. The number of hydrogen-bond donors (Lipinski definition) is 1. The van der Waals surface area contributed by atoms with Gasteiger partial charge in [-0.3, -0.25) is 9.69 Å². The summed E-state index contributed by atoms with van der Waals surface area (Å²) >= 11 is 0. The van der Waals surface area contributed by atoms with Crippen LogP contribution in [0.15, 0.2) is 18.2 Å². The minimum Gasteiger partial charge on any atom is -0.359 e. The second-order valence-corrected chi connectivity index (χ2v) is 8.01. The third-order valence-corrected chi connectivity index (χ3v) is 5.47. The average Bonchev–Trinajstić information content (AvgIpc) is 3.24. The van der Waals surface area contributed by atoms with Gasteiger partial charge in [0.15, 0.2) is 0 Å². The minimum atomic E-state index is -0.394. The molecule has 0 unspecified atom stereocenters. The maximum Gasteiger partial charge on any atom is 0.349 e. The molecule has 0 spiro atoms. The van der Waals surface area contributed by atoms with E-state index in [0.717, 1.165) is 25.7 Å². The van der Waals surface area contributed by atoms with Crippen LogP contribution in [0.2, 0.25) is 0 Å². The van der Waals surface area contributed by atoms with Crippen molar-refractivity contribution >= 4 is 23.0 Å². The lowest BCUT2D eigenvalue weighted by molar-refractivity contribution is 0.0927. The molecule has 1 N–H and O–H groups in total. The predicted molar refractivity (Wildman–Crippen MR) is 99.4 cm³/mol. The zero-order valence-electron chi connectivity index (χ0n) is 15.8. The average molecular weight is 371 g/mol. The monoisotopic (exact) mass is 371 g/mol. The number of fused-ring (bicyclic) bond motifs is 1. The Morgan fingerprint density at radius 2 is 2.00 bits per heavy atom. The van der Waals surface area contributed by atoms with Crippen molar-refractivity contribution in [2.45, 2.75) is 57.5 Å². The van der Waals surface area contributed by atoms with Crippen LogP contribution in [0.3, 0.4) is 0 Å². The summed E-state index contributed by atoms with van der Waals surface area (Å²) in [4.78, 5) is 27.0. The van der Waals surface area contributed by atoms with E-state index in [-0.39, 0.29) is 24.7 Å². The lowest BCUT2D eigenvalue weighted by atomic mass is 9.95. The van der Waals surface area contributed by atoms with Crippen LogP contribution in [0.4, 0.5) is 4.79 Å². The van der Waals surface area contributed by atoms with Crippen LogP contribution in [-0.2, 0) is 4.74 Å². The molecule has 2 heterocycles. The van der Waals surface area contributed by atoms with Crippen molar-refractivity contribution in [3.05, 3.63) is 23.8 Å². The summed E-state index contributed by atoms with van der Waals surface area (Å²) in [6, 6.07) is 5.11. The van der Waals surface area contributed by atoms with Crippen LogP contribution < -0.4 is 5.32 Å². The molecule has 2 aliphatic rings. The van der Waals surface area contributed by atoms with Gasteiger partial charge in [-0.25, -0.2) is 4.79 Å². The number of carbonyl (C=O) groups excluding carboxylic acids is 2. The van der Waals surface area contributed by atoms with Gasteiger partial charge < -0.3 is 10.1 Å². The molecule has 0 bridgehead atoms. The molecular formula is C19H25N5O3. The fourth-order valence-electron chi connectivity index (χ4n) is 3.79. The smallest absolute Gasteiger partial charge is 0.349 e. The standard InChI is InChI=1S/C19H25N5O3/c1-19(2)11-27-12-23(19)18(26)24-16-9-8-13(10-15(16)21-22-24)17(25)20-14-6-4-3-5-7-14/h8-10,14H,3-7,11-12H2,1-2H3,(H,20,25). The van der Waals surface area contributed by atoms with Crippen molar-refractivity contribution < 1.29 is 14.3 Å². The largest absolute Gasteiger partial charge is 0.359 e. The van der Waals surface area contributed by atoms with Gasteiger partial charge >= 0.3 is 6.03 Å². The number of nitrogens with one attached hydrogen (secondary N) is 1. The van der Waals surface area contributed by atoms with Gasteiger partial charge in [0.05, 0.1) is 17.7 Å². The van der Waals surface area contributed by atoms with Crippen LogP contribution in [0.25, 0.3) is 11.0 Å². The lowest BCUT2D eigenvalue weighted by Gasteiger charge is -2.28. The zero-order chi connectivity index (χ0) is 19.0. The first-order valence-electron chi connectivity index (χ1n) is 9.52. The Balaban J connectivity index is 1.54. The van der Waals surface area contributed by atoms with Gasteiger partial charge in [0.2, 0.25) is 0 Å². The number of carbonyl (C=O) groups is 2. The maximum absolute atomic E-state index is 12.8. The molecule has 144 valence electrons. The van der Waals surface area contributed by atoms with Gasteiger partial charge in [0.25, 0.3) is 5.91 Å². The molecule has 1 aliphatic carbocycles. The topological polar surface area (TPSA) is 89.3 Å². The third-order valence-electron chi connectivity index (χ3n) is 5.47. The third kappa shape index (κ3) is 3.41. The van der Waals surface area contributed by atoms with E-state index >= 15 is 0 Å². The number of aromatic nitrogens is 3. The molecule has 8 nitrogen and oxygen atoms in total. The molecule has 1 saturated heterocycles. The molecule has 4 rings (SSSR count). The highest BCUT2D eigenvalue weighted by molar-refractivity contribution is 5.98. The Morgan fingerprint density at radius 3 is 2.70 bits per heavy atom. The summed E-state index contributed by atoms with van der Waals surface area (Å²) in [5.41, 5.74) is 1.25. The second kappa shape index (κ2) is 6.92. The van der Waals surface area contributed by atoms with E-state index < -0.39 is 5.54 Å². The van der Waals surface area contributed by atoms with Crippen molar-refractivity contribution in [1.29, 1.82) is 0 Å². The molecular weight excluding hydrogens is 346 g/mol. The van der Waals surface area contributed by atoms with E-state index in [0.29, 0.717) is 23.2 Å². The first-order valence-corrected chi connectivity index (χ1v) is 9.52. The Kier molecular flexibility index (Phi) is 4.59. The highest BCUT2D eigenvalue weighted by Crippen LogP contribution is 2.24. The van der Waals surface area contributed by atoms with Crippen molar-refractivity contribution in [3.63, 3.8) is 0 Å². The van der Waals surface area contributed by atoms with Crippen LogP contribution in [0.5, 0.6) is 0 Å². The SMILES string of the molecule is CC1(C)COCN1C(=O)n1nnc2cc(C(=O)NC3CCCCC3)ccc21. The molecule has 2 aromatic rings. The Labute approximate surface area is 157 Å². The normalized spacial score (nSPS) is 20.1. The minimum absolute atomic E-state index is 0.0984. The van der Waals surface area contributed by atoms with E-state index in [2.05, 4.69) is 15.6 Å². The number of nitrogens with zero attached hydrogens (tertiary/aromatic N) is 4. The zero-order valence-corrected chi connectivity index (χ0v) is 15.8. The molecule has 2 amide bonds. The van der Waals surface area contributed by atoms with E-state index in [1.54, 1.807) is 23.1 Å². The maximum atomic E-state index is 12.8. The Hall–Kier alpha value is -2.48. The van der Waals surface area contributed by atoms with E-state index in [9.17, 15) is 9.59 Å². The number of benzene rings is 1. The number of ether oxygens (including phenoxy) is 1. The van der Waals surface area contributed by atoms with E-state index in [1.165, 1.54) is 11.1 Å². The van der Waals surface area contributed by atoms with Crippen LogP contribution in [0, 0.1) is 0 Å². The first-order chi connectivity index (χ1) is 13.0. The van der Waals surface area contributed by atoms with Crippen molar-refractivity contribution in [3.8, 4) is 0 Å². The summed E-state index contributed by atoms with van der Waals surface area (Å²) in [5.74, 6) is -0.0984. The summed E-state index contributed by atoms with van der Waals surface area (Å²) in [6.45, 7) is 4.61. The molecule has 1 aromatic carbocycles. The van der Waals surface area contributed by atoms with Gasteiger partial charge in [0, 0.05) is 11.6 Å². The van der Waals surface area contributed by atoms with Crippen LogP contribution in [-0.4, -0.2) is 56.8 Å². The summed E-state index contributed by atoms with van der Waals surface area (Å²) in [6.07, 6.45) is 5.64. The Bertz CT molecular complexity index is 869. The summed E-state index contributed by atoms with van der Waals surface area (Å²) < 4.78 is 6.69. The lowest BCUT2D eigenvalue weighted by Crippen LogP contribution is -2.46. The Morgan fingerprint density at radius 1 is 1.22 bits per heavy atom. The molecule has 1 aliphatic heterocycles. The van der Waals surface area contributed by atoms with Crippen molar-refractivity contribution in [2.75, 3.05) is 13.3 Å². The summed E-state index contributed by atoms with van der Waals surface area (Å²) in [7, 11) is 0. The molecule has 27 heavy (non-hydrogen) atoms. The summed E-state index contributed by atoms with van der Waals surface area (Å²) in [5, 5.41) is 11.2. The van der Waals surface area contributed by atoms with Crippen molar-refractivity contribution in [2.24, 2.45) is 0 Å². The first kappa shape index (κ1) is 17.9. The van der Waals surface area contributed by atoms with Gasteiger partial charge in [-0.05, 0) is 44.9 Å². The van der Waals surface area contributed by atoms with Gasteiger partial charge in [-0.15, -0.1) is 5.10 Å². The number of hydrogen-bond acceptors (Lipinski definition) is 5. The van der Waals surface area contributed by atoms with Crippen LogP contribution >= 0.6 is 0 Å². The van der Waals surface area contributed by atoms with Gasteiger partial charge in [-0.1, -0.05) is 24.5 Å². The van der Waals surface area contributed by atoms with E-state index in [4.69, 9.17) is 4.74 Å². The predicted octanol–water partition coefficient (Wildman–Crippen LogP) is 2.53. The molecule has 8 heteroatoms. The molecule has 1 saturated carbocycles. The molecule has 2 fully saturated rings. The van der Waals surface area contributed by atoms with E-state index in [1.807, 2.05) is 13.8 Å². The van der Waals surface area contributed by atoms with Gasteiger partial charge in [0.1, 0.15) is 12.2 Å². The highest BCUT2D eigenvalue weighted by Gasteiger charge is 2.38. The fourth-order valence-corrected chi connectivity index (χ4v) is 3.79. The molecule has 0 radical (unpaired) electrons.